The van der Waals surface area contributed by atoms with Crippen LogP contribution in [-0.2, 0) is 0 Å². The fourth-order valence-corrected chi connectivity index (χ4v) is 2.28. The molecule has 0 saturated carbocycles. The lowest BCUT2D eigenvalue weighted by molar-refractivity contribution is 0.100. The molecule has 94 valence electrons. The summed E-state index contributed by atoms with van der Waals surface area (Å²) in [6.45, 7) is 1.79. The maximum absolute atomic E-state index is 12.1. The van der Waals surface area contributed by atoms with Crippen molar-refractivity contribution in [1.82, 2.24) is 14.9 Å². The fraction of sp³-hybridized carbons (Fsp3) is 0.182. The van der Waals surface area contributed by atoms with Crippen LogP contribution in [0.1, 0.15) is 16.2 Å². The fourth-order valence-electron chi connectivity index (χ4n) is 1.40. The highest BCUT2D eigenvalue weighted by Gasteiger charge is 2.12. The topological polar surface area (TPSA) is 59.8 Å². The van der Waals surface area contributed by atoms with Gasteiger partial charge in [-0.3, -0.25) is 10.2 Å². The molecule has 1 aromatic heterocycles. The largest absolute Gasteiger partial charge is 0.270 e. The molecule has 0 radical (unpaired) electrons. The monoisotopic (exact) mass is 326 g/mol. The van der Waals surface area contributed by atoms with E-state index in [4.69, 9.17) is 0 Å². The predicted octanol–water partition coefficient (Wildman–Crippen LogP) is 2.45. The number of halogens is 1. The number of aromatic nitrogens is 3. The minimum absolute atomic E-state index is 0.200. The number of nitrogens with zero attached hydrogens (tertiary/aromatic N) is 3. The van der Waals surface area contributed by atoms with Crippen LogP contribution in [0.2, 0.25) is 0 Å². The van der Waals surface area contributed by atoms with Gasteiger partial charge in [-0.2, -0.15) is 0 Å². The Bertz CT molecular complexity index is 584. The molecule has 0 aliphatic carbocycles. The molecule has 0 aliphatic rings. The van der Waals surface area contributed by atoms with Crippen molar-refractivity contribution < 1.29 is 4.79 Å². The number of benzene rings is 1. The number of thioether (sulfide) groups is 1. The van der Waals surface area contributed by atoms with Crippen LogP contribution in [0.15, 0.2) is 33.9 Å². The van der Waals surface area contributed by atoms with E-state index in [2.05, 4.69) is 31.6 Å². The van der Waals surface area contributed by atoms with Crippen molar-refractivity contribution in [3.8, 4) is 0 Å². The molecular weight excluding hydrogens is 316 g/mol. The van der Waals surface area contributed by atoms with Crippen molar-refractivity contribution in [3.63, 3.8) is 0 Å². The number of hydrogen-bond acceptors (Lipinski definition) is 4. The van der Waals surface area contributed by atoms with Gasteiger partial charge in [0.15, 0.2) is 0 Å². The van der Waals surface area contributed by atoms with Gasteiger partial charge in [0.1, 0.15) is 5.82 Å². The first-order chi connectivity index (χ1) is 8.61. The molecule has 0 aliphatic heterocycles. The van der Waals surface area contributed by atoms with Gasteiger partial charge in [-0.25, -0.2) is 4.68 Å². The van der Waals surface area contributed by atoms with Crippen LogP contribution in [0.25, 0.3) is 0 Å². The second-order valence-corrected chi connectivity index (χ2v) is 5.21. The molecule has 1 N–H and O–H groups in total. The number of rotatable bonds is 3. The summed E-state index contributed by atoms with van der Waals surface area (Å²) in [6, 6.07) is 7.19. The molecule has 2 aromatic rings. The first-order valence-electron chi connectivity index (χ1n) is 5.14. The zero-order valence-electron chi connectivity index (χ0n) is 9.85. The summed E-state index contributed by atoms with van der Waals surface area (Å²) >= 11 is 4.76. The molecule has 5 nitrogen and oxygen atoms in total. The Morgan fingerprint density at radius 2 is 2.22 bits per heavy atom. The number of carbonyl (C=O) groups is 1. The number of carbonyl (C=O) groups excluding carboxylic acids is 1. The van der Waals surface area contributed by atoms with Crippen LogP contribution in [-0.4, -0.2) is 27.0 Å². The van der Waals surface area contributed by atoms with Crippen molar-refractivity contribution in [2.24, 2.45) is 0 Å². The smallest absolute Gasteiger partial charge is 0.267 e. The summed E-state index contributed by atoms with van der Waals surface area (Å²) in [5, 5.41) is 8.52. The maximum atomic E-state index is 12.1. The number of hydrogen-bond donors (Lipinski definition) is 1. The minimum atomic E-state index is -0.200. The molecule has 0 spiro atoms. The van der Waals surface area contributed by atoms with Crippen molar-refractivity contribution >= 4 is 33.6 Å². The molecule has 18 heavy (non-hydrogen) atoms. The first-order valence-corrected chi connectivity index (χ1v) is 7.16. The third-order valence-electron chi connectivity index (χ3n) is 2.28. The van der Waals surface area contributed by atoms with Gasteiger partial charge in [-0.05, 0) is 31.4 Å². The standard InChI is InChI=1S/C11H11BrN4OS/c1-7-13-14-11(18-2)16(7)15-10(17)8-4-3-5-9(12)6-8/h3-6H,1-2H3,(H,15,17). The summed E-state index contributed by atoms with van der Waals surface area (Å²) in [5.41, 5.74) is 3.34. The van der Waals surface area contributed by atoms with Crippen LogP contribution >= 0.6 is 27.7 Å². The zero-order chi connectivity index (χ0) is 13.1. The van der Waals surface area contributed by atoms with Gasteiger partial charge in [0.2, 0.25) is 5.16 Å². The summed E-state index contributed by atoms with van der Waals surface area (Å²) in [4.78, 5) is 12.1. The number of nitrogens with one attached hydrogen (secondary N) is 1. The molecule has 2 rings (SSSR count). The van der Waals surface area contributed by atoms with Gasteiger partial charge in [-0.1, -0.05) is 33.8 Å². The lowest BCUT2D eigenvalue weighted by Gasteiger charge is -2.09. The van der Waals surface area contributed by atoms with E-state index < -0.39 is 0 Å². The molecule has 1 amide bonds. The second kappa shape index (κ2) is 5.53. The quantitative estimate of drug-likeness (QED) is 0.880. The number of aryl methyl sites for hydroxylation is 1. The molecule has 0 saturated heterocycles. The third kappa shape index (κ3) is 2.73. The van der Waals surface area contributed by atoms with E-state index in [-0.39, 0.29) is 5.91 Å². The van der Waals surface area contributed by atoms with Crippen LogP contribution in [0.4, 0.5) is 0 Å². The predicted molar refractivity (Wildman–Crippen MR) is 74.4 cm³/mol. The lowest BCUT2D eigenvalue weighted by atomic mass is 10.2. The van der Waals surface area contributed by atoms with Crippen molar-refractivity contribution in [1.29, 1.82) is 0 Å². The van der Waals surface area contributed by atoms with E-state index in [1.54, 1.807) is 23.7 Å². The molecule has 1 heterocycles. The Balaban J connectivity index is 2.24. The summed E-state index contributed by atoms with van der Waals surface area (Å²) in [5.74, 6) is 0.442. The Labute approximate surface area is 117 Å². The van der Waals surface area contributed by atoms with E-state index >= 15 is 0 Å². The highest BCUT2D eigenvalue weighted by molar-refractivity contribution is 9.10. The Hall–Kier alpha value is -1.34. The van der Waals surface area contributed by atoms with Crippen molar-refractivity contribution in [2.75, 3.05) is 11.7 Å². The van der Waals surface area contributed by atoms with Gasteiger partial charge < -0.3 is 0 Å². The molecule has 0 fully saturated rings. The van der Waals surface area contributed by atoms with E-state index in [0.29, 0.717) is 16.5 Å². The molecule has 0 bridgehead atoms. The molecule has 1 aromatic carbocycles. The van der Waals surface area contributed by atoms with Crippen LogP contribution in [0.5, 0.6) is 0 Å². The molecule has 7 heteroatoms. The van der Waals surface area contributed by atoms with E-state index in [1.165, 1.54) is 11.8 Å². The van der Waals surface area contributed by atoms with Gasteiger partial charge in [-0.15, -0.1) is 10.2 Å². The highest BCUT2D eigenvalue weighted by Crippen LogP contribution is 2.14. The second-order valence-electron chi connectivity index (χ2n) is 3.52. The summed E-state index contributed by atoms with van der Waals surface area (Å²) in [7, 11) is 0. The van der Waals surface area contributed by atoms with Gasteiger partial charge >= 0.3 is 0 Å². The average Bonchev–Trinajstić information content (AvgIpc) is 2.70. The normalized spacial score (nSPS) is 10.4. The van der Waals surface area contributed by atoms with Crippen molar-refractivity contribution in [2.45, 2.75) is 12.1 Å². The van der Waals surface area contributed by atoms with Crippen molar-refractivity contribution in [3.05, 3.63) is 40.1 Å². The molecular formula is C11H11BrN4OS. The Morgan fingerprint density at radius 1 is 1.44 bits per heavy atom. The van der Waals surface area contributed by atoms with Gasteiger partial charge in [0.05, 0.1) is 0 Å². The van der Waals surface area contributed by atoms with Gasteiger partial charge in [0.25, 0.3) is 5.91 Å². The minimum Gasteiger partial charge on any atom is -0.267 e. The maximum Gasteiger partial charge on any atom is 0.270 e. The van der Waals surface area contributed by atoms with E-state index in [9.17, 15) is 4.79 Å². The van der Waals surface area contributed by atoms with Crippen LogP contribution < -0.4 is 5.43 Å². The first kappa shape index (κ1) is 13.1. The highest BCUT2D eigenvalue weighted by atomic mass is 79.9. The SMILES string of the molecule is CSc1nnc(C)n1NC(=O)c1cccc(Br)c1. The van der Waals surface area contributed by atoms with Crippen LogP contribution in [0, 0.1) is 6.92 Å². The third-order valence-corrected chi connectivity index (χ3v) is 3.40. The van der Waals surface area contributed by atoms with Gasteiger partial charge in [0, 0.05) is 10.0 Å². The van der Waals surface area contributed by atoms with E-state index in [0.717, 1.165) is 4.47 Å². The Morgan fingerprint density at radius 3 is 2.89 bits per heavy atom. The molecule has 0 atom stereocenters. The lowest BCUT2D eigenvalue weighted by Crippen LogP contribution is -2.24. The van der Waals surface area contributed by atoms with Crippen LogP contribution in [0.3, 0.4) is 0 Å². The Kier molecular flexibility index (Phi) is 4.03. The number of amides is 1. The summed E-state index contributed by atoms with van der Waals surface area (Å²) in [6.07, 6.45) is 1.88. The zero-order valence-corrected chi connectivity index (χ0v) is 12.2. The molecule has 0 unspecified atom stereocenters. The summed E-state index contributed by atoms with van der Waals surface area (Å²) < 4.78 is 2.44. The average molecular weight is 327 g/mol. The van der Waals surface area contributed by atoms with E-state index in [1.807, 2.05) is 18.4 Å².